The molecule has 2 heterocycles. The minimum atomic E-state index is -0.0902. The van der Waals surface area contributed by atoms with Crippen molar-refractivity contribution < 1.29 is 9.84 Å². The van der Waals surface area contributed by atoms with Crippen molar-refractivity contribution in [3.63, 3.8) is 0 Å². The normalized spacial score (nSPS) is 31.8. The molecule has 0 saturated carbocycles. The maximum atomic E-state index is 10.5. The second-order valence-corrected chi connectivity index (χ2v) is 7.82. The molecular weight excluding hydrogens is 268 g/mol. The molecule has 2 nitrogen and oxygen atoms in total. The monoisotopic (exact) mass is 300 g/mol. The quantitative estimate of drug-likeness (QED) is 0.674. The first-order valence-corrected chi connectivity index (χ1v) is 9.81. The van der Waals surface area contributed by atoms with Crippen molar-refractivity contribution in [3.05, 3.63) is 0 Å². The molecule has 1 N–H and O–H groups in total. The minimum absolute atomic E-state index is 0.0902. The predicted octanol–water partition coefficient (Wildman–Crippen LogP) is 4.40. The van der Waals surface area contributed by atoms with Gasteiger partial charge < -0.3 is 9.84 Å². The molecular formula is C17H32O2S. The highest BCUT2D eigenvalue weighted by atomic mass is 32.2. The Morgan fingerprint density at radius 3 is 2.80 bits per heavy atom. The number of aliphatic hydroxyl groups is 1. The molecule has 2 aliphatic heterocycles. The molecule has 0 aromatic rings. The average Bonchev–Trinajstić information content (AvgIpc) is 2.90. The number of unbranched alkanes of at least 4 members (excludes halogenated alkanes) is 5. The molecule has 0 aliphatic carbocycles. The van der Waals surface area contributed by atoms with Crippen LogP contribution in [0.25, 0.3) is 0 Å². The summed E-state index contributed by atoms with van der Waals surface area (Å²) in [6.07, 6.45) is 12.1. The first-order valence-electron chi connectivity index (χ1n) is 8.65. The van der Waals surface area contributed by atoms with Crippen LogP contribution in [0.1, 0.15) is 71.1 Å². The molecule has 2 rings (SSSR count). The maximum Gasteiger partial charge on any atom is 0.0783 e. The zero-order valence-corrected chi connectivity index (χ0v) is 13.9. The lowest BCUT2D eigenvalue weighted by Gasteiger charge is -2.39. The number of thioether (sulfide) groups is 1. The van der Waals surface area contributed by atoms with Crippen LogP contribution in [-0.2, 0) is 4.74 Å². The molecule has 3 atom stereocenters. The second kappa shape index (κ2) is 8.65. The van der Waals surface area contributed by atoms with Crippen LogP contribution in [-0.4, -0.2) is 34.9 Å². The highest BCUT2D eigenvalue weighted by Gasteiger charge is 2.41. The van der Waals surface area contributed by atoms with E-state index >= 15 is 0 Å². The van der Waals surface area contributed by atoms with Crippen molar-refractivity contribution in [2.45, 2.75) is 82.8 Å². The van der Waals surface area contributed by atoms with Gasteiger partial charge in [0, 0.05) is 12.4 Å². The van der Waals surface area contributed by atoms with Crippen LogP contribution in [0.3, 0.4) is 0 Å². The predicted molar refractivity (Wildman–Crippen MR) is 87.3 cm³/mol. The largest absolute Gasteiger partial charge is 0.393 e. The summed E-state index contributed by atoms with van der Waals surface area (Å²) < 4.78 is 6.04. The Morgan fingerprint density at radius 2 is 2.05 bits per heavy atom. The van der Waals surface area contributed by atoms with Gasteiger partial charge in [-0.15, -0.1) is 0 Å². The summed E-state index contributed by atoms with van der Waals surface area (Å²) in [7, 11) is 0. The van der Waals surface area contributed by atoms with Crippen LogP contribution in [0, 0.1) is 5.92 Å². The minimum Gasteiger partial charge on any atom is -0.393 e. The summed E-state index contributed by atoms with van der Waals surface area (Å²) in [5, 5.41) is 10.5. The van der Waals surface area contributed by atoms with Crippen molar-refractivity contribution in [1.29, 1.82) is 0 Å². The summed E-state index contributed by atoms with van der Waals surface area (Å²) in [6, 6.07) is 0. The molecule has 0 bridgehead atoms. The number of rotatable bonds is 8. The topological polar surface area (TPSA) is 29.5 Å². The van der Waals surface area contributed by atoms with Gasteiger partial charge in [-0.05, 0) is 37.4 Å². The third-order valence-corrected chi connectivity index (χ3v) is 6.22. The van der Waals surface area contributed by atoms with Crippen LogP contribution in [0.4, 0.5) is 0 Å². The van der Waals surface area contributed by atoms with Crippen molar-refractivity contribution >= 4 is 11.8 Å². The molecule has 2 saturated heterocycles. The maximum absolute atomic E-state index is 10.5. The lowest BCUT2D eigenvalue weighted by Crippen LogP contribution is -2.43. The molecule has 0 aromatic heterocycles. The Labute approximate surface area is 129 Å². The van der Waals surface area contributed by atoms with Crippen molar-refractivity contribution in [2.75, 3.05) is 18.1 Å². The van der Waals surface area contributed by atoms with Crippen LogP contribution in [0.15, 0.2) is 0 Å². The lowest BCUT2D eigenvalue weighted by atomic mass is 9.81. The van der Waals surface area contributed by atoms with E-state index < -0.39 is 0 Å². The zero-order valence-electron chi connectivity index (χ0n) is 13.1. The molecule has 1 spiro atoms. The fourth-order valence-corrected chi connectivity index (χ4v) is 5.01. The van der Waals surface area contributed by atoms with E-state index in [1.807, 2.05) is 11.8 Å². The smallest absolute Gasteiger partial charge is 0.0783 e. The van der Waals surface area contributed by atoms with E-state index in [2.05, 4.69) is 6.92 Å². The lowest BCUT2D eigenvalue weighted by molar-refractivity contribution is -0.102. The van der Waals surface area contributed by atoms with E-state index in [1.54, 1.807) is 0 Å². The van der Waals surface area contributed by atoms with E-state index in [-0.39, 0.29) is 11.7 Å². The van der Waals surface area contributed by atoms with Gasteiger partial charge in [-0.1, -0.05) is 45.4 Å². The molecule has 2 aliphatic rings. The Hall–Kier alpha value is 0.270. The first-order chi connectivity index (χ1) is 9.76. The SMILES string of the molecule is CCCCCCCCC(O)C1CCOC2(CCSC2)C1. The highest BCUT2D eigenvalue weighted by Crippen LogP contribution is 2.41. The summed E-state index contributed by atoms with van der Waals surface area (Å²) in [4.78, 5) is 0. The standard InChI is InChI=1S/C17H32O2S/c1-2-3-4-5-6-7-8-16(18)15-9-11-19-17(13-15)10-12-20-14-17/h15-16,18H,2-14H2,1H3. The fraction of sp³-hybridized carbons (Fsp3) is 1.00. The Balaban J connectivity index is 1.63. The van der Waals surface area contributed by atoms with E-state index in [1.165, 1.54) is 50.7 Å². The fourth-order valence-electron chi connectivity index (χ4n) is 3.63. The van der Waals surface area contributed by atoms with Gasteiger partial charge >= 0.3 is 0 Å². The molecule has 118 valence electrons. The van der Waals surface area contributed by atoms with Gasteiger partial charge in [0.05, 0.1) is 11.7 Å². The number of ether oxygens (including phenoxy) is 1. The van der Waals surface area contributed by atoms with Crippen LogP contribution in [0.5, 0.6) is 0 Å². The third-order valence-electron chi connectivity index (χ3n) is 5.00. The molecule has 3 heteroatoms. The van der Waals surface area contributed by atoms with Crippen molar-refractivity contribution in [3.8, 4) is 0 Å². The molecule has 0 amide bonds. The molecule has 0 aromatic carbocycles. The van der Waals surface area contributed by atoms with Crippen LogP contribution < -0.4 is 0 Å². The summed E-state index contributed by atoms with van der Waals surface area (Å²) in [5.41, 5.74) is 0.121. The molecule has 20 heavy (non-hydrogen) atoms. The summed E-state index contributed by atoms with van der Waals surface area (Å²) in [6.45, 7) is 3.12. The van der Waals surface area contributed by atoms with E-state index in [9.17, 15) is 5.11 Å². The summed E-state index contributed by atoms with van der Waals surface area (Å²) in [5.74, 6) is 2.87. The van der Waals surface area contributed by atoms with Crippen LogP contribution >= 0.6 is 11.8 Å². The van der Waals surface area contributed by atoms with Gasteiger partial charge in [0.15, 0.2) is 0 Å². The number of aliphatic hydroxyl groups excluding tert-OH is 1. The average molecular weight is 301 g/mol. The summed E-state index contributed by atoms with van der Waals surface area (Å²) >= 11 is 2.02. The third kappa shape index (κ3) is 4.92. The van der Waals surface area contributed by atoms with Gasteiger partial charge in [0.1, 0.15) is 0 Å². The second-order valence-electron chi connectivity index (χ2n) is 6.71. The van der Waals surface area contributed by atoms with Crippen LogP contribution in [0.2, 0.25) is 0 Å². The van der Waals surface area contributed by atoms with Gasteiger partial charge in [-0.3, -0.25) is 0 Å². The number of hydrogen-bond donors (Lipinski definition) is 1. The Kier molecular flexibility index (Phi) is 7.20. The van der Waals surface area contributed by atoms with E-state index in [0.717, 1.165) is 31.6 Å². The Morgan fingerprint density at radius 1 is 1.25 bits per heavy atom. The van der Waals surface area contributed by atoms with E-state index in [4.69, 9.17) is 4.74 Å². The first kappa shape index (κ1) is 16.6. The zero-order chi connectivity index (χ0) is 14.3. The van der Waals surface area contributed by atoms with E-state index in [0.29, 0.717) is 5.92 Å². The molecule has 2 fully saturated rings. The van der Waals surface area contributed by atoms with Crippen molar-refractivity contribution in [1.82, 2.24) is 0 Å². The van der Waals surface area contributed by atoms with Gasteiger partial charge in [0.25, 0.3) is 0 Å². The van der Waals surface area contributed by atoms with Gasteiger partial charge in [0.2, 0.25) is 0 Å². The van der Waals surface area contributed by atoms with Crippen molar-refractivity contribution in [2.24, 2.45) is 5.92 Å². The molecule has 0 radical (unpaired) electrons. The van der Waals surface area contributed by atoms with Gasteiger partial charge in [-0.25, -0.2) is 0 Å². The van der Waals surface area contributed by atoms with Gasteiger partial charge in [-0.2, -0.15) is 11.8 Å². The highest BCUT2D eigenvalue weighted by molar-refractivity contribution is 7.99. The molecule has 3 unspecified atom stereocenters. The number of hydrogen-bond acceptors (Lipinski definition) is 3. The Bertz CT molecular complexity index is 264.